The molecule has 0 spiro atoms. The molecule has 1 saturated heterocycles. The average molecular weight is 506 g/mol. The van der Waals surface area contributed by atoms with Gasteiger partial charge in [0.1, 0.15) is 10.7 Å². The number of aromatic nitrogens is 1. The second kappa shape index (κ2) is 9.33. The Kier molecular flexibility index (Phi) is 6.19. The van der Waals surface area contributed by atoms with Crippen LogP contribution >= 0.6 is 0 Å². The largest absolute Gasteiger partial charge is 0.385 e. The predicted molar refractivity (Wildman–Crippen MR) is 134 cm³/mol. The number of sulfonamides is 1. The van der Waals surface area contributed by atoms with Gasteiger partial charge in [-0.25, -0.2) is 12.8 Å². The third-order valence-corrected chi connectivity index (χ3v) is 7.92. The summed E-state index contributed by atoms with van der Waals surface area (Å²) in [7, 11) is -4.00. The van der Waals surface area contributed by atoms with Crippen molar-refractivity contribution in [3.05, 3.63) is 102 Å². The molecule has 1 aliphatic rings. The first-order valence-corrected chi connectivity index (χ1v) is 13.0. The van der Waals surface area contributed by atoms with Crippen LogP contribution < -0.4 is 4.72 Å². The monoisotopic (exact) mass is 505 g/mol. The minimum atomic E-state index is -4.00. The molecule has 1 aromatic heterocycles. The lowest BCUT2D eigenvalue weighted by Gasteiger charge is -2.38. The van der Waals surface area contributed by atoms with Crippen LogP contribution in [0, 0.1) is 5.82 Å². The van der Waals surface area contributed by atoms with E-state index in [1.165, 1.54) is 30.3 Å². The predicted octanol–water partition coefficient (Wildman–Crippen LogP) is 4.30. The molecule has 5 rings (SSSR count). The van der Waals surface area contributed by atoms with E-state index in [4.69, 9.17) is 0 Å². The van der Waals surface area contributed by atoms with Crippen molar-refractivity contribution in [2.45, 2.75) is 23.3 Å². The number of nitrogens with zero attached hydrogens (tertiary/aromatic N) is 2. The van der Waals surface area contributed by atoms with Crippen molar-refractivity contribution in [2.75, 3.05) is 17.8 Å². The van der Waals surface area contributed by atoms with E-state index in [1.807, 2.05) is 30.3 Å². The number of benzene rings is 3. The zero-order chi connectivity index (χ0) is 25.3. The van der Waals surface area contributed by atoms with Gasteiger partial charge in [0.25, 0.3) is 15.9 Å². The molecule has 2 N–H and O–H groups in total. The molecule has 1 amide bonds. The fourth-order valence-electron chi connectivity index (χ4n) is 4.51. The summed E-state index contributed by atoms with van der Waals surface area (Å²) in [6.45, 7) is 0.820. The first kappa shape index (κ1) is 23.9. The standard InChI is InChI=1S/C27H24FN3O4S/c28-22-17-20-5-4-8-24(25(20)29-18-22)36(34,35)30-23-11-9-19(10-12-23)26(32)31-15-13-27(33,14-16-31)21-6-2-1-3-7-21/h1-12,17-18,30,33H,13-16H2. The van der Waals surface area contributed by atoms with Crippen LogP contribution in [0.25, 0.3) is 10.9 Å². The Morgan fingerprint density at radius 1 is 0.972 bits per heavy atom. The minimum Gasteiger partial charge on any atom is -0.385 e. The highest BCUT2D eigenvalue weighted by atomic mass is 32.2. The van der Waals surface area contributed by atoms with Gasteiger partial charge in [-0.05, 0) is 54.8 Å². The van der Waals surface area contributed by atoms with E-state index >= 15 is 0 Å². The number of hydrogen-bond donors (Lipinski definition) is 2. The maximum Gasteiger partial charge on any atom is 0.264 e. The fraction of sp³-hybridized carbons (Fsp3) is 0.185. The quantitative estimate of drug-likeness (QED) is 0.421. The van der Waals surface area contributed by atoms with Crippen LogP contribution in [0.4, 0.5) is 10.1 Å². The summed E-state index contributed by atoms with van der Waals surface area (Å²) in [6, 6.07) is 21.4. The highest BCUT2D eigenvalue weighted by Crippen LogP contribution is 2.33. The lowest BCUT2D eigenvalue weighted by Crippen LogP contribution is -2.45. The number of nitrogens with one attached hydrogen (secondary N) is 1. The molecule has 0 atom stereocenters. The summed E-state index contributed by atoms with van der Waals surface area (Å²) in [5, 5.41) is 11.4. The molecule has 1 aliphatic heterocycles. The fourth-order valence-corrected chi connectivity index (χ4v) is 5.75. The first-order chi connectivity index (χ1) is 17.2. The van der Waals surface area contributed by atoms with E-state index in [2.05, 4.69) is 9.71 Å². The van der Waals surface area contributed by atoms with Crippen molar-refractivity contribution in [1.82, 2.24) is 9.88 Å². The van der Waals surface area contributed by atoms with Crippen molar-refractivity contribution >= 4 is 32.5 Å². The lowest BCUT2D eigenvalue weighted by atomic mass is 9.84. The summed E-state index contributed by atoms with van der Waals surface area (Å²) < 4.78 is 42.0. The summed E-state index contributed by atoms with van der Waals surface area (Å²) in [4.78, 5) is 18.6. The van der Waals surface area contributed by atoms with Gasteiger partial charge in [0.15, 0.2) is 0 Å². The third kappa shape index (κ3) is 4.67. The van der Waals surface area contributed by atoms with Gasteiger partial charge in [0, 0.05) is 29.7 Å². The topological polar surface area (TPSA) is 99.6 Å². The van der Waals surface area contributed by atoms with Gasteiger partial charge in [0.05, 0.1) is 17.3 Å². The van der Waals surface area contributed by atoms with E-state index in [-0.39, 0.29) is 22.0 Å². The second-order valence-corrected chi connectivity index (χ2v) is 10.5. The van der Waals surface area contributed by atoms with Crippen LogP contribution in [-0.2, 0) is 15.6 Å². The van der Waals surface area contributed by atoms with Gasteiger partial charge < -0.3 is 10.0 Å². The number of likely N-dealkylation sites (tertiary alicyclic amines) is 1. The Morgan fingerprint density at radius 3 is 2.36 bits per heavy atom. The van der Waals surface area contributed by atoms with Crippen LogP contribution in [0.3, 0.4) is 0 Å². The van der Waals surface area contributed by atoms with Gasteiger partial charge in [-0.3, -0.25) is 14.5 Å². The molecule has 0 unspecified atom stereocenters. The number of carbonyl (C=O) groups excluding carboxylic acids is 1. The van der Waals surface area contributed by atoms with E-state index < -0.39 is 21.4 Å². The van der Waals surface area contributed by atoms with E-state index in [9.17, 15) is 22.7 Å². The molecule has 4 aromatic rings. The molecule has 0 bridgehead atoms. The Labute approximate surface area is 208 Å². The number of pyridine rings is 1. The molecule has 0 radical (unpaired) electrons. The number of aliphatic hydroxyl groups is 1. The van der Waals surface area contributed by atoms with Gasteiger partial charge in [0.2, 0.25) is 0 Å². The highest BCUT2D eigenvalue weighted by Gasteiger charge is 2.35. The molecule has 2 heterocycles. The number of fused-ring (bicyclic) bond motifs is 1. The minimum absolute atomic E-state index is 0.0700. The number of rotatable bonds is 5. The van der Waals surface area contributed by atoms with Crippen molar-refractivity contribution in [1.29, 1.82) is 0 Å². The molecule has 9 heteroatoms. The summed E-state index contributed by atoms with van der Waals surface area (Å²) in [6.07, 6.45) is 1.84. The first-order valence-electron chi connectivity index (χ1n) is 11.5. The van der Waals surface area contributed by atoms with Gasteiger partial charge >= 0.3 is 0 Å². The van der Waals surface area contributed by atoms with Gasteiger partial charge in [-0.15, -0.1) is 0 Å². The average Bonchev–Trinajstić information content (AvgIpc) is 2.89. The maximum atomic E-state index is 13.5. The Hall–Kier alpha value is -3.82. The van der Waals surface area contributed by atoms with Crippen molar-refractivity contribution in [3.63, 3.8) is 0 Å². The molecule has 7 nitrogen and oxygen atoms in total. The molecular weight excluding hydrogens is 481 g/mol. The summed E-state index contributed by atoms with van der Waals surface area (Å²) >= 11 is 0. The van der Waals surface area contributed by atoms with Gasteiger partial charge in [-0.1, -0.05) is 42.5 Å². The second-order valence-electron chi connectivity index (χ2n) is 8.85. The zero-order valence-corrected chi connectivity index (χ0v) is 20.1. The highest BCUT2D eigenvalue weighted by molar-refractivity contribution is 7.93. The Bertz CT molecular complexity index is 1520. The molecule has 184 valence electrons. The van der Waals surface area contributed by atoms with Crippen LogP contribution in [0.1, 0.15) is 28.8 Å². The number of para-hydroxylation sites is 1. The summed E-state index contributed by atoms with van der Waals surface area (Å²) in [5.74, 6) is -0.733. The molecule has 36 heavy (non-hydrogen) atoms. The maximum absolute atomic E-state index is 13.5. The van der Waals surface area contributed by atoms with Crippen molar-refractivity contribution < 1.29 is 22.7 Å². The van der Waals surface area contributed by atoms with Crippen LogP contribution in [0.15, 0.2) is 90.0 Å². The number of anilines is 1. The Balaban J connectivity index is 1.28. The van der Waals surface area contributed by atoms with Crippen LogP contribution in [-0.4, -0.2) is 42.4 Å². The number of carbonyl (C=O) groups is 1. The van der Waals surface area contributed by atoms with E-state index in [0.29, 0.717) is 36.9 Å². The SMILES string of the molecule is O=C(c1ccc(NS(=O)(=O)c2cccc3cc(F)cnc23)cc1)N1CCC(O)(c2ccccc2)CC1. The van der Waals surface area contributed by atoms with Gasteiger partial charge in [-0.2, -0.15) is 0 Å². The van der Waals surface area contributed by atoms with Crippen LogP contribution in [0.5, 0.6) is 0 Å². The van der Waals surface area contributed by atoms with Crippen LogP contribution in [0.2, 0.25) is 0 Å². The van der Waals surface area contributed by atoms with Crippen molar-refractivity contribution in [3.8, 4) is 0 Å². The zero-order valence-electron chi connectivity index (χ0n) is 19.3. The number of halogens is 1. The number of piperidine rings is 1. The van der Waals surface area contributed by atoms with E-state index in [0.717, 1.165) is 11.8 Å². The summed E-state index contributed by atoms with van der Waals surface area (Å²) in [5.41, 5.74) is 0.759. The molecular formula is C27H24FN3O4S. The normalized spacial score (nSPS) is 15.6. The molecule has 0 aliphatic carbocycles. The molecule has 1 fully saturated rings. The van der Waals surface area contributed by atoms with Crippen molar-refractivity contribution in [2.24, 2.45) is 0 Å². The smallest absolute Gasteiger partial charge is 0.264 e. The number of amides is 1. The lowest BCUT2D eigenvalue weighted by molar-refractivity contribution is -0.0211. The van der Waals surface area contributed by atoms with E-state index in [1.54, 1.807) is 23.1 Å². The molecule has 3 aromatic carbocycles. The Morgan fingerprint density at radius 2 is 1.67 bits per heavy atom. The number of hydrogen-bond acceptors (Lipinski definition) is 5. The molecule has 0 saturated carbocycles. The third-order valence-electron chi connectivity index (χ3n) is 6.50.